The molecule has 1 fully saturated rings. The number of carboxylic acid groups (broad SMARTS) is 1. The van der Waals surface area contributed by atoms with Gasteiger partial charge in [-0.15, -0.1) is 0 Å². The molecule has 3 rings (SSSR count). The molecule has 1 aromatic heterocycles. The van der Waals surface area contributed by atoms with E-state index in [2.05, 4.69) is 0 Å². The van der Waals surface area contributed by atoms with Gasteiger partial charge in [0.2, 0.25) is 0 Å². The largest absolute Gasteiger partial charge is 0.481 e. The highest BCUT2D eigenvalue weighted by atomic mass is 16.4. The Hall–Kier alpha value is -2.63. The number of nitrogens with zero attached hydrogens (tertiary/aromatic N) is 2. The number of hydrogen-bond acceptors (Lipinski definition) is 3. The summed E-state index contributed by atoms with van der Waals surface area (Å²) in [5.41, 5.74) is 0.955. The molecule has 6 heteroatoms. The molecule has 1 atom stereocenters. The van der Waals surface area contributed by atoms with Crippen molar-refractivity contribution in [2.24, 2.45) is 13.0 Å². The van der Waals surface area contributed by atoms with Crippen LogP contribution < -0.4 is 5.56 Å². The molecule has 1 unspecified atom stereocenters. The summed E-state index contributed by atoms with van der Waals surface area (Å²) < 4.78 is 1.54. The Kier molecular flexibility index (Phi) is 4.88. The van der Waals surface area contributed by atoms with Gasteiger partial charge in [0.25, 0.3) is 11.5 Å². The first-order chi connectivity index (χ1) is 12.0. The zero-order chi connectivity index (χ0) is 18.0. The molecule has 0 aliphatic carbocycles. The molecule has 25 heavy (non-hydrogen) atoms. The van der Waals surface area contributed by atoms with Crippen molar-refractivity contribution < 1.29 is 14.7 Å². The topological polar surface area (TPSA) is 79.6 Å². The smallest absolute Gasteiger partial charge is 0.303 e. The first-order valence-electron chi connectivity index (χ1n) is 8.57. The van der Waals surface area contributed by atoms with Crippen LogP contribution in [0.3, 0.4) is 0 Å². The van der Waals surface area contributed by atoms with E-state index in [1.165, 1.54) is 10.6 Å². The highest BCUT2D eigenvalue weighted by Crippen LogP contribution is 2.24. The molecule has 1 aliphatic rings. The average molecular weight is 342 g/mol. The molecule has 1 amide bonds. The van der Waals surface area contributed by atoms with Gasteiger partial charge < -0.3 is 14.6 Å². The monoisotopic (exact) mass is 342 g/mol. The van der Waals surface area contributed by atoms with Crippen LogP contribution in [0.1, 0.15) is 36.0 Å². The van der Waals surface area contributed by atoms with Crippen molar-refractivity contribution in [1.82, 2.24) is 9.47 Å². The Labute approximate surface area is 145 Å². The second-order valence-corrected chi connectivity index (χ2v) is 6.66. The average Bonchev–Trinajstić information content (AvgIpc) is 2.62. The normalized spacial score (nSPS) is 17.6. The van der Waals surface area contributed by atoms with Gasteiger partial charge in [-0.3, -0.25) is 14.4 Å². The predicted molar refractivity (Wildman–Crippen MR) is 94.7 cm³/mol. The molecule has 1 saturated heterocycles. The Morgan fingerprint density at radius 1 is 1.28 bits per heavy atom. The number of pyridine rings is 1. The maximum absolute atomic E-state index is 13.0. The number of fused-ring (bicyclic) bond motifs is 1. The van der Waals surface area contributed by atoms with Crippen LogP contribution in [0.5, 0.6) is 0 Å². The molecule has 2 aromatic rings. The van der Waals surface area contributed by atoms with Crippen molar-refractivity contribution in [3.05, 3.63) is 46.2 Å². The SMILES string of the molecule is Cn1c(=O)cc(C(=O)N2CCCC(CCC(=O)O)C2)c2ccccc21. The highest BCUT2D eigenvalue weighted by Gasteiger charge is 2.26. The number of hydrogen-bond donors (Lipinski definition) is 1. The van der Waals surface area contributed by atoms with Gasteiger partial charge in [0.15, 0.2) is 0 Å². The molecular formula is C19H22N2O4. The summed E-state index contributed by atoms with van der Waals surface area (Å²) in [6.45, 7) is 1.20. The zero-order valence-electron chi connectivity index (χ0n) is 14.3. The minimum atomic E-state index is -0.805. The number of carbonyl (C=O) groups excluding carboxylic acids is 1. The van der Waals surface area contributed by atoms with Crippen molar-refractivity contribution in [3.63, 3.8) is 0 Å². The first kappa shape index (κ1) is 17.2. The van der Waals surface area contributed by atoms with Crippen LogP contribution >= 0.6 is 0 Å². The molecule has 132 valence electrons. The first-order valence-corrected chi connectivity index (χ1v) is 8.57. The number of para-hydroxylation sites is 1. The van der Waals surface area contributed by atoms with Gasteiger partial charge >= 0.3 is 5.97 Å². The molecule has 1 aliphatic heterocycles. The van der Waals surface area contributed by atoms with E-state index in [1.54, 1.807) is 11.9 Å². The van der Waals surface area contributed by atoms with Crippen molar-refractivity contribution in [2.45, 2.75) is 25.7 Å². The quantitative estimate of drug-likeness (QED) is 0.924. The molecule has 0 spiro atoms. The Balaban J connectivity index is 1.88. The number of rotatable bonds is 4. The van der Waals surface area contributed by atoms with E-state index in [1.807, 2.05) is 24.3 Å². The molecule has 2 heterocycles. The van der Waals surface area contributed by atoms with Crippen LogP contribution in [0.15, 0.2) is 35.1 Å². The van der Waals surface area contributed by atoms with Crippen molar-refractivity contribution in [3.8, 4) is 0 Å². The van der Waals surface area contributed by atoms with E-state index in [9.17, 15) is 14.4 Å². The van der Waals surface area contributed by atoms with Gasteiger partial charge in [0, 0.05) is 38.0 Å². The number of aryl methyl sites for hydroxylation is 1. The van der Waals surface area contributed by atoms with Crippen LogP contribution in [0.25, 0.3) is 10.9 Å². The Morgan fingerprint density at radius 3 is 2.80 bits per heavy atom. The van der Waals surface area contributed by atoms with E-state index in [-0.39, 0.29) is 23.8 Å². The second-order valence-electron chi connectivity index (χ2n) is 6.66. The van der Waals surface area contributed by atoms with Gasteiger partial charge in [-0.1, -0.05) is 18.2 Å². The molecule has 1 aromatic carbocycles. The second kappa shape index (κ2) is 7.09. The van der Waals surface area contributed by atoms with Crippen molar-refractivity contribution in [2.75, 3.05) is 13.1 Å². The third-order valence-electron chi connectivity index (χ3n) is 4.96. The van der Waals surface area contributed by atoms with E-state index in [0.29, 0.717) is 25.1 Å². The fourth-order valence-corrected chi connectivity index (χ4v) is 3.57. The fourth-order valence-electron chi connectivity index (χ4n) is 3.57. The summed E-state index contributed by atoms with van der Waals surface area (Å²) in [4.78, 5) is 37.8. The van der Waals surface area contributed by atoms with Gasteiger partial charge in [0.05, 0.1) is 11.1 Å². The predicted octanol–water partition coefficient (Wildman–Crippen LogP) is 2.26. The van der Waals surface area contributed by atoms with Gasteiger partial charge in [-0.25, -0.2) is 0 Å². The lowest BCUT2D eigenvalue weighted by Gasteiger charge is -2.33. The van der Waals surface area contributed by atoms with Crippen molar-refractivity contribution >= 4 is 22.8 Å². The number of aromatic nitrogens is 1. The number of carboxylic acids is 1. The van der Waals surface area contributed by atoms with Crippen LogP contribution in [-0.4, -0.2) is 39.5 Å². The molecule has 0 bridgehead atoms. The van der Waals surface area contributed by atoms with Crippen molar-refractivity contribution in [1.29, 1.82) is 0 Å². The molecular weight excluding hydrogens is 320 g/mol. The molecule has 6 nitrogen and oxygen atoms in total. The summed E-state index contributed by atoms with van der Waals surface area (Å²) in [6.07, 6.45) is 2.51. The summed E-state index contributed by atoms with van der Waals surface area (Å²) in [6, 6.07) is 8.80. The number of piperidine rings is 1. The van der Waals surface area contributed by atoms with Crippen LogP contribution in [0.4, 0.5) is 0 Å². The lowest BCUT2D eigenvalue weighted by atomic mass is 9.93. The number of likely N-dealkylation sites (tertiary alicyclic amines) is 1. The summed E-state index contributed by atoms with van der Waals surface area (Å²) in [5.74, 6) is -0.749. The molecule has 0 radical (unpaired) electrons. The lowest BCUT2D eigenvalue weighted by molar-refractivity contribution is -0.137. The number of benzene rings is 1. The van der Waals surface area contributed by atoms with Gasteiger partial charge in [-0.05, 0) is 31.2 Å². The molecule has 1 N–H and O–H groups in total. The minimum Gasteiger partial charge on any atom is -0.481 e. The highest BCUT2D eigenvalue weighted by molar-refractivity contribution is 6.06. The number of carbonyl (C=O) groups is 2. The molecule has 0 saturated carbocycles. The van der Waals surface area contributed by atoms with Crippen LogP contribution in [-0.2, 0) is 11.8 Å². The van der Waals surface area contributed by atoms with E-state index in [4.69, 9.17) is 5.11 Å². The zero-order valence-corrected chi connectivity index (χ0v) is 14.3. The van der Waals surface area contributed by atoms with E-state index in [0.717, 1.165) is 23.7 Å². The Morgan fingerprint density at radius 2 is 2.04 bits per heavy atom. The number of aliphatic carboxylic acids is 1. The van der Waals surface area contributed by atoms with Crippen LogP contribution in [0.2, 0.25) is 0 Å². The summed E-state index contributed by atoms with van der Waals surface area (Å²) in [5, 5.41) is 9.62. The summed E-state index contributed by atoms with van der Waals surface area (Å²) >= 11 is 0. The van der Waals surface area contributed by atoms with Gasteiger partial charge in [-0.2, -0.15) is 0 Å². The lowest BCUT2D eigenvalue weighted by Crippen LogP contribution is -2.40. The van der Waals surface area contributed by atoms with E-state index < -0.39 is 5.97 Å². The fraction of sp³-hybridized carbons (Fsp3) is 0.421. The van der Waals surface area contributed by atoms with Gasteiger partial charge in [0.1, 0.15) is 0 Å². The Bertz CT molecular complexity index is 871. The third-order valence-corrected chi connectivity index (χ3v) is 4.96. The summed E-state index contributed by atoms with van der Waals surface area (Å²) in [7, 11) is 1.70. The standard InChI is InChI=1S/C19H22N2O4/c1-20-16-7-3-2-6-14(16)15(11-17(20)22)19(25)21-10-4-5-13(12-21)8-9-18(23)24/h2-3,6-7,11,13H,4-5,8-10,12H2,1H3,(H,23,24). The number of amides is 1. The third kappa shape index (κ3) is 3.57. The maximum Gasteiger partial charge on any atom is 0.303 e. The van der Waals surface area contributed by atoms with E-state index >= 15 is 0 Å². The minimum absolute atomic E-state index is 0.126. The maximum atomic E-state index is 13.0. The van der Waals surface area contributed by atoms with Crippen LogP contribution in [0, 0.1) is 5.92 Å².